The Hall–Kier alpha value is -1.32. The highest BCUT2D eigenvalue weighted by Gasteiger charge is 2.18. The van der Waals surface area contributed by atoms with Crippen LogP contribution in [-0.4, -0.2) is 23.6 Å². The van der Waals surface area contributed by atoms with Gasteiger partial charge in [0.2, 0.25) is 0 Å². The Bertz CT molecular complexity index is 436. The molecule has 4 nitrogen and oxygen atoms in total. The van der Waals surface area contributed by atoms with Crippen LogP contribution >= 0.6 is 0 Å². The SMILES string of the molecule is CNc1ncnc(NCCC2CCC(C)CC2)c1C(C)C. The van der Waals surface area contributed by atoms with Gasteiger partial charge < -0.3 is 10.6 Å². The van der Waals surface area contributed by atoms with E-state index in [1.54, 1.807) is 6.33 Å². The molecule has 118 valence electrons. The van der Waals surface area contributed by atoms with Crippen LogP contribution in [0.5, 0.6) is 0 Å². The molecule has 0 aliphatic heterocycles. The fourth-order valence-corrected chi connectivity index (χ4v) is 3.30. The summed E-state index contributed by atoms with van der Waals surface area (Å²) < 4.78 is 0. The van der Waals surface area contributed by atoms with Gasteiger partial charge in [-0.15, -0.1) is 0 Å². The van der Waals surface area contributed by atoms with Crippen molar-refractivity contribution in [2.45, 2.75) is 58.8 Å². The Balaban J connectivity index is 1.91. The highest BCUT2D eigenvalue weighted by atomic mass is 15.1. The van der Waals surface area contributed by atoms with Crippen LogP contribution in [0.15, 0.2) is 6.33 Å². The fourth-order valence-electron chi connectivity index (χ4n) is 3.30. The summed E-state index contributed by atoms with van der Waals surface area (Å²) in [5.74, 6) is 4.16. The van der Waals surface area contributed by atoms with Crippen molar-refractivity contribution in [3.63, 3.8) is 0 Å². The Kier molecular flexibility index (Phi) is 5.83. The number of nitrogens with zero attached hydrogens (tertiary/aromatic N) is 2. The predicted octanol–water partition coefficient (Wildman–Crippen LogP) is 4.27. The molecule has 1 heterocycles. The summed E-state index contributed by atoms with van der Waals surface area (Å²) in [5, 5.41) is 6.71. The second kappa shape index (κ2) is 7.62. The molecule has 0 atom stereocenters. The molecule has 21 heavy (non-hydrogen) atoms. The van der Waals surface area contributed by atoms with Gasteiger partial charge in [0.05, 0.1) is 0 Å². The average molecular weight is 290 g/mol. The van der Waals surface area contributed by atoms with Gasteiger partial charge >= 0.3 is 0 Å². The maximum absolute atomic E-state index is 4.44. The van der Waals surface area contributed by atoms with E-state index < -0.39 is 0 Å². The Morgan fingerprint density at radius 1 is 1.14 bits per heavy atom. The van der Waals surface area contributed by atoms with Crippen molar-refractivity contribution in [1.29, 1.82) is 0 Å². The van der Waals surface area contributed by atoms with Gasteiger partial charge in [0.15, 0.2) is 0 Å². The molecule has 1 aromatic rings. The van der Waals surface area contributed by atoms with Crippen molar-refractivity contribution in [2.75, 3.05) is 24.2 Å². The van der Waals surface area contributed by atoms with Crippen LogP contribution in [0.2, 0.25) is 0 Å². The second-order valence-electron chi connectivity index (χ2n) is 6.73. The topological polar surface area (TPSA) is 49.8 Å². The summed E-state index contributed by atoms with van der Waals surface area (Å²) >= 11 is 0. The molecule has 1 fully saturated rings. The zero-order valence-electron chi connectivity index (χ0n) is 13.9. The quantitative estimate of drug-likeness (QED) is 0.821. The lowest BCUT2D eigenvalue weighted by Crippen LogP contribution is -2.17. The number of aromatic nitrogens is 2. The van der Waals surface area contributed by atoms with Crippen molar-refractivity contribution in [2.24, 2.45) is 11.8 Å². The van der Waals surface area contributed by atoms with E-state index in [-0.39, 0.29) is 0 Å². The normalized spacial score (nSPS) is 22.3. The van der Waals surface area contributed by atoms with E-state index in [0.717, 1.165) is 30.0 Å². The summed E-state index contributed by atoms with van der Waals surface area (Å²) in [6, 6.07) is 0. The van der Waals surface area contributed by atoms with Crippen LogP contribution in [0, 0.1) is 11.8 Å². The van der Waals surface area contributed by atoms with Crippen molar-refractivity contribution in [1.82, 2.24) is 9.97 Å². The van der Waals surface area contributed by atoms with E-state index in [2.05, 4.69) is 41.4 Å². The van der Waals surface area contributed by atoms with Crippen molar-refractivity contribution in [3.8, 4) is 0 Å². The van der Waals surface area contributed by atoms with Crippen LogP contribution in [0.1, 0.15) is 64.4 Å². The van der Waals surface area contributed by atoms with Gasteiger partial charge in [-0.05, 0) is 24.2 Å². The molecule has 1 aliphatic carbocycles. The molecule has 0 aromatic carbocycles. The predicted molar refractivity (Wildman–Crippen MR) is 89.9 cm³/mol. The minimum atomic E-state index is 0.409. The maximum atomic E-state index is 4.44. The molecule has 0 spiro atoms. The first-order chi connectivity index (χ1) is 10.1. The summed E-state index contributed by atoms with van der Waals surface area (Å²) in [7, 11) is 1.92. The minimum absolute atomic E-state index is 0.409. The highest BCUT2D eigenvalue weighted by molar-refractivity contribution is 5.58. The molecular formula is C17H30N4. The largest absolute Gasteiger partial charge is 0.373 e. The van der Waals surface area contributed by atoms with Gasteiger partial charge in [-0.2, -0.15) is 0 Å². The fraction of sp³-hybridized carbons (Fsp3) is 0.765. The number of nitrogens with one attached hydrogen (secondary N) is 2. The highest BCUT2D eigenvalue weighted by Crippen LogP contribution is 2.31. The van der Waals surface area contributed by atoms with Crippen LogP contribution < -0.4 is 10.6 Å². The maximum Gasteiger partial charge on any atom is 0.134 e. The third-order valence-corrected chi connectivity index (χ3v) is 4.68. The van der Waals surface area contributed by atoms with Gasteiger partial charge in [-0.25, -0.2) is 9.97 Å². The number of hydrogen-bond donors (Lipinski definition) is 2. The molecule has 1 aromatic heterocycles. The van der Waals surface area contributed by atoms with E-state index in [0.29, 0.717) is 5.92 Å². The van der Waals surface area contributed by atoms with E-state index in [9.17, 15) is 0 Å². The number of rotatable bonds is 6. The van der Waals surface area contributed by atoms with Crippen molar-refractivity contribution < 1.29 is 0 Å². The lowest BCUT2D eigenvalue weighted by molar-refractivity contribution is 0.282. The van der Waals surface area contributed by atoms with Crippen LogP contribution in [0.3, 0.4) is 0 Å². The third-order valence-electron chi connectivity index (χ3n) is 4.68. The lowest BCUT2D eigenvalue weighted by Gasteiger charge is -2.26. The second-order valence-corrected chi connectivity index (χ2v) is 6.73. The van der Waals surface area contributed by atoms with Gasteiger partial charge in [-0.1, -0.05) is 46.5 Å². The van der Waals surface area contributed by atoms with Crippen molar-refractivity contribution >= 4 is 11.6 Å². The molecular weight excluding hydrogens is 260 g/mol. The van der Waals surface area contributed by atoms with Crippen LogP contribution in [0.4, 0.5) is 11.6 Å². The Labute approximate surface area is 129 Å². The molecule has 2 rings (SSSR count). The van der Waals surface area contributed by atoms with Gasteiger partial charge in [0, 0.05) is 19.2 Å². The molecule has 2 N–H and O–H groups in total. The zero-order chi connectivity index (χ0) is 15.2. The zero-order valence-corrected chi connectivity index (χ0v) is 13.9. The molecule has 0 bridgehead atoms. The van der Waals surface area contributed by atoms with Gasteiger partial charge in [-0.3, -0.25) is 0 Å². The van der Waals surface area contributed by atoms with Crippen molar-refractivity contribution in [3.05, 3.63) is 11.9 Å². The Morgan fingerprint density at radius 3 is 2.43 bits per heavy atom. The molecule has 4 heteroatoms. The van der Waals surface area contributed by atoms with Crippen LogP contribution in [0.25, 0.3) is 0 Å². The molecule has 1 aliphatic rings. The monoisotopic (exact) mass is 290 g/mol. The summed E-state index contributed by atoms with van der Waals surface area (Å²) in [5.41, 5.74) is 1.19. The van der Waals surface area contributed by atoms with Crippen LogP contribution in [-0.2, 0) is 0 Å². The van der Waals surface area contributed by atoms with Gasteiger partial charge in [0.1, 0.15) is 18.0 Å². The first kappa shape index (κ1) is 16.1. The Morgan fingerprint density at radius 2 is 1.81 bits per heavy atom. The van der Waals surface area contributed by atoms with E-state index >= 15 is 0 Å². The smallest absolute Gasteiger partial charge is 0.134 e. The minimum Gasteiger partial charge on any atom is -0.373 e. The van der Waals surface area contributed by atoms with Gasteiger partial charge in [0.25, 0.3) is 0 Å². The molecule has 0 saturated heterocycles. The third kappa shape index (κ3) is 4.32. The first-order valence-electron chi connectivity index (χ1n) is 8.38. The molecule has 0 radical (unpaired) electrons. The van der Waals surface area contributed by atoms with E-state index in [1.807, 2.05) is 7.05 Å². The number of anilines is 2. The summed E-state index contributed by atoms with van der Waals surface area (Å²) in [6.07, 6.45) is 8.49. The van der Waals surface area contributed by atoms with E-state index in [4.69, 9.17) is 0 Å². The summed E-state index contributed by atoms with van der Waals surface area (Å²) in [6.45, 7) is 7.77. The molecule has 0 amide bonds. The molecule has 1 saturated carbocycles. The number of hydrogen-bond acceptors (Lipinski definition) is 4. The summed E-state index contributed by atoms with van der Waals surface area (Å²) in [4.78, 5) is 8.76. The average Bonchev–Trinajstić information content (AvgIpc) is 2.48. The lowest BCUT2D eigenvalue weighted by atomic mass is 9.81. The standard InChI is InChI=1S/C17H30N4/c1-12(2)15-16(18-4)20-11-21-17(15)19-10-9-14-7-5-13(3)6-8-14/h11-14H,5-10H2,1-4H3,(H2,18,19,20,21). The first-order valence-corrected chi connectivity index (χ1v) is 8.38. The molecule has 0 unspecified atom stereocenters. The van der Waals surface area contributed by atoms with E-state index in [1.165, 1.54) is 37.7 Å².